The van der Waals surface area contributed by atoms with Gasteiger partial charge < -0.3 is 9.88 Å². The van der Waals surface area contributed by atoms with Crippen molar-refractivity contribution in [1.82, 2.24) is 9.88 Å². The molecule has 1 unspecified atom stereocenters. The minimum absolute atomic E-state index is 0.113. The van der Waals surface area contributed by atoms with Crippen molar-refractivity contribution in [2.75, 3.05) is 16.8 Å². The van der Waals surface area contributed by atoms with Crippen LogP contribution in [0.3, 0.4) is 0 Å². The number of nitrogens with one attached hydrogen (secondary N) is 2. The van der Waals surface area contributed by atoms with Gasteiger partial charge in [-0.3, -0.25) is 24.6 Å². The van der Waals surface area contributed by atoms with Crippen LogP contribution in [0.25, 0.3) is 5.69 Å². The van der Waals surface area contributed by atoms with Gasteiger partial charge in [-0.1, -0.05) is 18.2 Å². The van der Waals surface area contributed by atoms with Crippen molar-refractivity contribution in [3.05, 3.63) is 42.6 Å². The summed E-state index contributed by atoms with van der Waals surface area (Å²) < 4.78 is 1.95. The number of fused-ring (bicyclic) bond motifs is 1. The molecular formula is C17H16N4O3. The number of nitrogens with zero attached hydrogens (tertiary/aromatic N) is 2. The maximum atomic E-state index is 12.4. The molecule has 7 nitrogen and oxygen atoms in total. The molecule has 0 bridgehead atoms. The molecule has 122 valence electrons. The highest BCUT2D eigenvalue weighted by Crippen LogP contribution is 2.35. The van der Waals surface area contributed by atoms with Gasteiger partial charge in [-0.15, -0.1) is 0 Å². The van der Waals surface area contributed by atoms with Crippen molar-refractivity contribution in [3.63, 3.8) is 0 Å². The zero-order chi connectivity index (χ0) is 16.7. The van der Waals surface area contributed by atoms with E-state index in [1.807, 2.05) is 47.2 Å². The first kappa shape index (κ1) is 14.5. The molecule has 1 saturated heterocycles. The quantitative estimate of drug-likeness (QED) is 0.809. The Labute approximate surface area is 138 Å². The van der Waals surface area contributed by atoms with Crippen molar-refractivity contribution in [2.24, 2.45) is 0 Å². The zero-order valence-corrected chi connectivity index (χ0v) is 12.9. The van der Waals surface area contributed by atoms with Gasteiger partial charge in [-0.05, 0) is 24.6 Å². The molecule has 0 aliphatic carbocycles. The Hall–Kier alpha value is -3.09. The van der Waals surface area contributed by atoms with Crippen molar-refractivity contribution in [2.45, 2.75) is 18.9 Å². The number of hydrogen-bond acceptors (Lipinski definition) is 4. The second-order valence-corrected chi connectivity index (χ2v) is 5.84. The number of para-hydroxylation sites is 1. The Kier molecular flexibility index (Phi) is 3.34. The van der Waals surface area contributed by atoms with Gasteiger partial charge in [0.1, 0.15) is 11.9 Å². The second kappa shape index (κ2) is 5.52. The van der Waals surface area contributed by atoms with Crippen LogP contribution in [0, 0.1) is 0 Å². The van der Waals surface area contributed by atoms with E-state index in [1.54, 1.807) is 0 Å². The maximum absolute atomic E-state index is 12.4. The molecule has 2 aromatic rings. The molecule has 1 atom stereocenters. The summed E-state index contributed by atoms with van der Waals surface area (Å²) in [5.41, 5.74) is 1.62. The first-order valence-corrected chi connectivity index (χ1v) is 7.81. The Morgan fingerprint density at radius 2 is 1.83 bits per heavy atom. The molecule has 1 fully saturated rings. The van der Waals surface area contributed by atoms with Gasteiger partial charge in [-0.25, -0.2) is 0 Å². The molecule has 0 saturated carbocycles. The topological polar surface area (TPSA) is 83.4 Å². The van der Waals surface area contributed by atoms with Crippen LogP contribution in [-0.4, -0.2) is 34.9 Å². The van der Waals surface area contributed by atoms with Crippen LogP contribution < -0.4 is 15.5 Å². The number of aromatic nitrogens is 1. The zero-order valence-electron chi connectivity index (χ0n) is 12.9. The Balaban J connectivity index is 1.74. The Bertz CT molecular complexity index is 828. The largest absolute Gasteiger partial charge is 0.360 e. The van der Waals surface area contributed by atoms with Crippen molar-refractivity contribution in [1.29, 1.82) is 0 Å². The average Bonchev–Trinajstić information content (AvgIpc) is 3.00. The molecule has 24 heavy (non-hydrogen) atoms. The van der Waals surface area contributed by atoms with Crippen molar-refractivity contribution >= 4 is 29.2 Å². The predicted molar refractivity (Wildman–Crippen MR) is 87.9 cm³/mol. The fraction of sp³-hybridized carbons (Fsp3) is 0.235. The van der Waals surface area contributed by atoms with Gasteiger partial charge in [0, 0.05) is 18.3 Å². The standard InChI is InChI=1S/C17H16N4O3/c22-14-7-6-13(17(24)19-14)21-12-8-9-20(11-4-2-1-3-5-11)16(12)18-10-15(21)23/h1-5,8-9,13,18H,6-7,10H2,(H,19,22,24). The minimum Gasteiger partial charge on any atom is -0.360 e. The van der Waals surface area contributed by atoms with Crippen LogP contribution in [-0.2, 0) is 14.4 Å². The van der Waals surface area contributed by atoms with E-state index in [9.17, 15) is 14.4 Å². The summed E-state index contributed by atoms with van der Waals surface area (Å²) in [5, 5.41) is 5.44. The highest BCUT2D eigenvalue weighted by atomic mass is 16.2. The highest BCUT2D eigenvalue weighted by Gasteiger charge is 2.39. The normalized spacial score (nSPS) is 20.4. The first-order valence-electron chi connectivity index (χ1n) is 7.81. The minimum atomic E-state index is -0.650. The molecule has 0 radical (unpaired) electrons. The van der Waals surface area contributed by atoms with Gasteiger partial charge >= 0.3 is 0 Å². The molecule has 2 aliphatic rings. The molecule has 1 aromatic carbocycles. The lowest BCUT2D eigenvalue weighted by molar-refractivity contribution is -0.135. The predicted octanol–water partition coefficient (Wildman–Crippen LogP) is 1.04. The number of piperidine rings is 1. The van der Waals surface area contributed by atoms with Crippen molar-refractivity contribution < 1.29 is 14.4 Å². The van der Waals surface area contributed by atoms with E-state index in [-0.39, 0.29) is 24.8 Å². The number of benzene rings is 1. The van der Waals surface area contributed by atoms with Crippen LogP contribution in [0.5, 0.6) is 0 Å². The van der Waals surface area contributed by atoms with Gasteiger partial charge in [-0.2, -0.15) is 0 Å². The summed E-state index contributed by atoms with van der Waals surface area (Å²) in [6, 6.07) is 10.9. The van der Waals surface area contributed by atoms with E-state index in [1.165, 1.54) is 4.90 Å². The molecule has 0 spiro atoms. The summed E-state index contributed by atoms with van der Waals surface area (Å²) in [4.78, 5) is 37.5. The summed E-state index contributed by atoms with van der Waals surface area (Å²) in [6.07, 6.45) is 2.44. The van der Waals surface area contributed by atoms with Crippen LogP contribution in [0.15, 0.2) is 42.6 Å². The van der Waals surface area contributed by atoms with Crippen LogP contribution >= 0.6 is 0 Å². The first-order chi connectivity index (χ1) is 11.6. The molecule has 4 rings (SSSR count). The molecule has 3 heterocycles. The van der Waals surface area contributed by atoms with Gasteiger partial charge in [0.2, 0.25) is 17.7 Å². The Morgan fingerprint density at radius 3 is 2.58 bits per heavy atom. The highest BCUT2D eigenvalue weighted by molar-refractivity contribution is 6.10. The molecule has 2 aliphatic heterocycles. The lowest BCUT2D eigenvalue weighted by Gasteiger charge is -2.36. The summed E-state index contributed by atoms with van der Waals surface area (Å²) in [6.45, 7) is 0.113. The number of carbonyl (C=O) groups excluding carboxylic acids is 3. The van der Waals surface area contributed by atoms with E-state index in [4.69, 9.17) is 0 Å². The number of carbonyl (C=O) groups is 3. The molecule has 2 N–H and O–H groups in total. The monoisotopic (exact) mass is 324 g/mol. The molecule has 1 aromatic heterocycles. The van der Waals surface area contributed by atoms with Gasteiger partial charge in [0.05, 0.1) is 12.2 Å². The summed E-state index contributed by atoms with van der Waals surface area (Å²) in [7, 11) is 0. The summed E-state index contributed by atoms with van der Waals surface area (Å²) in [5.74, 6) is -0.117. The number of rotatable bonds is 2. The smallest absolute Gasteiger partial charge is 0.249 e. The average molecular weight is 324 g/mol. The fourth-order valence-corrected chi connectivity index (χ4v) is 3.24. The molecule has 3 amide bonds. The number of hydrogen-bond donors (Lipinski definition) is 2. The SMILES string of the molecule is O=C1CCC(N2C(=O)CNc3c2ccn3-c2ccccc2)C(=O)N1. The van der Waals surface area contributed by atoms with Crippen LogP contribution in [0.4, 0.5) is 11.5 Å². The molecular weight excluding hydrogens is 308 g/mol. The third-order valence-corrected chi connectivity index (χ3v) is 4.36. The third-order valence-electron chi connectivity index (χ3n) is 4.36. The van der Waals surface area contributed by atoms with Crippen LogP contribution in [0.1, 0.15) is 12.8 Å². The number of amides is 3. The second-order valence-electron chi connectivity index (χ2n) is 5.84. The van der Waals surface area contributed by atoms with E-state index in [2.05, 4.69) is 10.6 Å². The van der Waals surface area contributed by atoms with E-state index in [0.29, 0.717) is 12.1 Å². The maximum Gasteiger partial charge on any atom is 0.249 e. The van der Waals surface area contributed by atoms with E-state index >= 15 is 0 Å². The van der Waals surface area contributed by atoms with Gasteiger partial charge in [0.25, 0.3) is 0 Å². The fourth-order valence-electron chi connectivity index (χ4n) is 3.24. The lowest BCUT2D eigenvalue weighted by atomic mass is 10.0. The third kappa shape index (κ3) is 2.25. The summed E-state index contributed by atoms with van der Waals surface area (Å²) >= 11 is 0. The van der Waals surface area contributed by atoms with Crippen molar-refractivity contribution in [3.8, 4) is 5.69 Å². The van der Waals surface area contributed by atoms with E-state index < -0.39 is 11.9 Å². The van der Waals surface area contributed by atoms with Crippen LogP contribution in [0.2, 0.25) is 0 Å². The molecule has 7 heteroatoms. The lowest BCUT2D eigenvalue weighted by Crippen LogP contribution is -2.56. The van der Waals surface area contributed by atoms with E-state index in [0.717, 1.165) is 11.5 Å². The van der Waals surface area contributed by atoms with Gasteiger partial charge in [0.15, 0.2) is 0 Å². The Morgan fingerprint density at radius 1 is 1.04 bits per heavy atom. The number of imide groups is 1. The number of anilines is 2.